The summed E-state index contributed by atoms with van der Waals surface area (Å²) < 4.78 is 42.8. The van der Waals surface area contributed by atoms with Gasteiger partial charge in [-0.1, -0.05) is 11.6 Å². The van der Waals surface area contributed by atoms with Crippen LogP contribution in [0.2, 0.25) is 5.02 Å². The molecule has 116 valence electrons. The highest BCUT2D eigenvalue weighted by molar-refractivity contribution is 6.33. The molecule has 0 bridgehead atoms. The number of hydrogen-bond acceptors (Lipinski definition) is 4. The number of hydrogen-bond donors (Lipinski definition) is 1. The lowest BCUT2D eigenvalue weighted by molar-refractivity contribution is -0.137. The van der Waals surface area contributed by atoms with E-state index >= 15 is 0 Å². The number of rotatable bonds is 3. The van der Waals surface area contributed by atoms with Gasteiger partial charge in [0.1, 0.15) is 12.0 Å². The van der Waals surface area contributed by atoms with E-state index in [1.54, 1.807) is 0 Å². The SMILES string of the molecule is COc1cc(C(=O)Nc2cc(C(F)(F)F)ccc2Cl)ncn1. The number of ether oxygens (including phenoxy) is 1. The first-order valence-corrected chi connectivity index (χ1v) is 6.23. The highest BCUT2D eigenvalue weighted by atomic mass is 35.5. The van der Waals surface area contributed by atoms with Gasteiger partial charge in [0, 0.05) is 6.07 Å². The van der Waals surface area contributed by atoms with Gasteiger partial charge in [-0.2, -0.15) is 13.2 Å². The Bertz CT molecular complexity index is 707. The Morgan fingerprint density at radius 3 is 2.64 bits per heavy atom. The topological polar surface area (TPSA) is 64.1 Å². The molecule has 0 atom stereocenters. The quantitative estimate of drug-likeness (QED) is 0.936. The van der Waals surface area contributed by atoms with Gasteiger partial charge in [0.15, 0.2) is 0 Å². The monoisotopic (exact) mass is 331 g/mol. The molecule has 0 fully saturated rings. The summed E-state index contributed by atoms with van der Waals surface area (Å²) >= 11 is 5.80. The van der Waals surface area contributed by atoms with Crippen molar-refractivity contribution in [3.63, 3.8) is 0 Å². The number of amides is 1. The average molecular weight is 332 g/mol. The smallest absolute Gasteiger partial charge is 0.416 e. The second-order valence-electron chi connectivity index (χ2n) is 4.09. The third-order valence-corrected chi connectivity index (χ3v) is 2.96. The minimum Gasteiger partial charge on any atom is -0.481 e. The Morgan fingerprint density at radius 1 is 1.27 bits per heavy atom. The summed E-state index contributed by atoms with van der Waals surface area (Å²) in [6.45, 7) is 0. The number of alkyl halides is 3. The molecule has 0 radical (unpaired) electrons. The molecular formula is C13H9ClF3N3O2. The zero-order chi connectivity index (χ0) is 16.3. The second kappa shape index (κ2) is 6.18. The predicted octanol–water partition coefficient (Wildman–Crippen LogP) is 3.41. The van der Waals surface area contributed by atoms with Crippen LogP contribution in [0.4, 0.5) is 18.9 Å². The summed E-state index contributed by atoms with van der Waals surface area (Å²) in [6, 6.07) is 3.88. The first kappa shape index (κ1) is 16.0. The average Bonchev–Trinajstić information content (AvgIpc) is 2.48. The molecular weight excluding hydrogens is 323 g/mol. The first-order valence-electron chi connectivity index (χ1n) is 5.85. The molecule has 5 nitrogen and oxygen atoms in total. The number of nitrogens with one attached hydrogen (secondary N) is 1. The summed E-state index contributed by atoms with van der Waals surface area (Å²) in [6.07, 6.45) is -3.44. The third-order valence-electron chi connectivity index (χ3n) is 2.63. The standard InChI is InChI=1S/C13H9ClF3N3O2/c1-22-11-5-10(18-6-19-11)12(21)20-9-4-7(13(15,16)17)2-3-8(9)14/h2-6H,1H3,(H,20,21). The van der Waals surface area contributed by atoms with Crippen LogP contribution in [0.3, 0.4) is 0 Å². The van der Waals surface area contributed by atoms with Crippen LogP contribution < -0.4 is 10.1 Å². The normalized spacial score (nSPS) is 11.1. The van der Waals surface area contributed by atoms with Gasteiger partial charge in [-0.05, 0) is 18.2 Å². The number of carbonyl (C=O) groups is 1. The van der Waals surface area contributed by atoms with Crippen molar-refractivity contribution in [3.8, 4) is 5.88 Å². The second-order valence-corrected chi connectivity index (χ2v) is 4.50. The third kappa shape index (κ3) is 3.64. The summed E-state index contributed by atoms with van der Waals surface area (Å²) in [5.41, 5.74) is -1.16. The van der Waals surface area contributed by atoms with Crippen LogP contribution in [-0.4, -0.2) is 23.0 Å². The van der Waals surface area contributed by atoms with Crippen LogP contribution in [0, 0.1) is 0 Å². The molecule has 0 saturated carbocycles. The Morgan fingerprint density at radius 2 is 2.00 bits per heavy atom. The number of methoxy groups -OCH3 is 1. The highest BCUT2D eigenvalue weighted by Gasteiger charge is 2.31. The van der Waals surface area contributed by atoms with Crippen LogP contribution in [0.5, 0.6) is 5.88 Å². The maximum Gasteiger partial charge on any atom is 0.416 e. The number of anilines is 1. The van der Waals surface area contributed by atoms with E-state index in [-0.39, 0.29) is 22.3 Å². The number of benzene rings is 1. The molecule has 0 aliphatic carbocycles. The van der Waals surface area contributed by atoms with E-state index in [2.05, 4.69) is 15.3 Å². The molecule has 0 unspecified atom stereocenters. The van der Waals surface area contributed by atoms with Crippen molar-refractivity contribution >= 4 is 23.2 Å². The van der Waals surface area contributed by atoms with Crippen LogP contribution in [0.25, 0.3) is 0 Å². The Kier molecular flexibility index (Phi) is 4.51. The molecule has 1 aromatic heterocycles. The van der Waals surface area contributed by atoms with Crippen LogP contribution in [-0.2, 0) is 6.18 Å². The fraction of sp³-hybridized carbons (Fsp3) is 0.154. The largest absolute Gasteiger partial charge is 0.481 e. The maximum absolute atomic E-state index is 12.7. The van der Waals surface area contributed by atoms with Crippen molar-refractivity contribution in [1.82, 2.24) is 9.97 Å². The van der Waals surface area contributed by atoms with Gasteiger partial charge in [0.05, 0.1) is 23.4 Å². The molecule has 9 heteroatoms. The summed E-state index contributed by atoms with van der Waals surface area (Å²) in [4.78, 5) is 19.4. The number of nitrogens with zero attached hydrogens (tertiary/aromatic N) is 2. The van der Waals surface area contributed by atoms with Crippen molar-refractivity contribution in [3.05, 3.63) is 46.9 Å². The molecule has 1 amide bonds. The van der Waals surface area contributed by atoms with E-state index in [1.165, 1.54) is 13.2 Å². The minimum absolute atomic E-state index is 0.0256. The van der Waals surface area contributed by atoms with Gasteiger partial charge >= 0.3 is 6.18 Å². The fourth-order valence-corrected chi connectivity index (χ4v) is 1.72. The zero-order valence-electron chi connectivity index (χ0n) is 11.1. The Labute approximate surface area is 128 Å². The lowest BCUT2D eigenvalue weighted by Crippen LogP contribution is -2.15. The molecule has 22 heavy (non-hydrogen) atoms. The molecule has 0 aliphatic rings. The lowest BCUT2D eigenvalue weighted by Gasteiger charge is -2.11. The van der Waals surface area contributed by atoms with Crippen molar-refractivity contribution in [2.75, 3.05) is 12.4 Å². The van der Waals surface area contributed by atoms with Gasteiger partial charge in [0.25, 0.3) is 5.91 Å². The van der Waals surface area contributed by atoms with E-state index in [9.17, 15) is 18.0 Å². The number of aromatic nitrogens is 2. The molecule has 2 aromatic rings. The van der Waals surface area contributed by atoms with Crippen LogP contribution >= 0.6 is 11.6 Å². The van der Waals surface area contributed by atoms with Gasteiger partial charge in [-0.15, -0.1) is 0 Å². The first-order chi connectivity index (χ1) is 10.3. The number of carbonyl (C=O) groups excluding carboxylic acids is 1. The van der Waals surface area contributed by atoms with Crippen molar-refractivity contribution in [2.24, 2.45) is 0 Å². The molecule has 1 aromatic carbocycles. The van der Waals surface area contributed by atoms with Crippen LogP contribution in [0.15, 0.2) is 30.6 Å². The molecule has 1 heterocycles. The van der Waals surface area contributed by atoms with Crippen LogP contribution in [0.1, 0.15) is 16.1 Å². The van der Waals surface area contributed by atoms with E-state index < -0.39 is 17.6 Å². The van der Waals surface area contributed by atoms with Gasteiger partial charge < -0.3 is 10.1 Å². The van der Waals surface area contributed by atoms with Crippen molar-refractivity contribution < 1.29 is 22.7 Å². The molecule has 0 aliphatic heterocycles. The van der Waals surface area contributed by atoms with E-state index in [4.69, 9.17) is 16.3 Å². The van der Waals surface area contributed by atoms with Gasteiger partial charge in [0.2, 0.25) is 5.88 Å². The summed E-state index contributed by atoms with van der Waals surface area (Å²) in [5, 5.41) is 2.25. The summed E-state index contributed by atoms with van der Waals surface area (Å²) in [7, 11) is 1.35. The Balaban J connectivity index is 2.28. The molecule has 0 spiro atoms. The molecule has 1 N–H and O–H groups in total. The summed E-state index contributed by atoms with van der Waals surface area (Å²) in [5.74, 6) is -0.586. The highest BCUT2D eigenvalue weighted by Crippen LogP contribution is 2.33. The van der Waals surface area contributed by atoms with E-state index in [0.717, 1.165) is 24.5 Å². The van der Waals surface area contributed by atoms with Gasteiger partial charge in [-0.3, -0.25) is 4.79 Å². The predicted molar refractivity (Wildman–Crippen MR) is 73.0 cm³/mol. The van der Waals surface area contributed by atoms with Gasteiger partial charge in [-0.25, -0.2) is 9.97 Å². The maximum atomic E-state index is 12.7. The number of halogens is 4. The van der Waals surface area contributed by atoms with Crippen molar-refractivity contribution in [2.45, 2.75) is 6.18 Å². The fourth-order valence-electron chi connectivity index (χ4n) is 1.56. The van der Waals surface area contributed by atoms with E-state index in [1.807, 2.05) is 0 Å². The zero-order valence-corrected chi connectivity index (χ0v) is 11.9. The minimum atomic E-state index is -4.54. The lowest BCUT2D eigenvalue weighted by atomic mass is 10.2. The van der Waals surface area contributed by atoms with E-state index in [0.29, 0.717) is 0 Å². The Hall–Kier alpha value is -2.35. The van der Waals surface area contributed by atoms with Crippen molar-refractivity contribution in [1.29, 1.82) is 0 Å². The molecule has 0 saturated heterocycles. The molecule has 2 rings (SSSR count).